The van der Waals surface area contributed by atoms with Gasteiger partial charge in [0.1, 0.15) is 6.54 Å². The molecule has 1 amide bonds. The molecule has 0 saturated carbocycles. The van der Waals surface area contributed by atoms with E-state index in [1.165, 1.54) is 21.9 Å². The first-order chi connectivity index (χ1) is 13.5. The molecule has 0 saturated heterocycles. The van der Waals surface area contributed by atoms with Crippen LogP contribution in [0.3, 0.4) is 0 Å². The van der Waals surface area contributed by atoms with Gasteiger partial charge in [-0.2, -0.15) is 5.10 Å². The number of anilines is 1. The number of aryl methyl sites for hydroxylation is 1. The van der Waals surface area contributed by atoms with E-state index in [1.807, 2.05) is 48.5 Å². The lowest BCUT2D eigenvalue weighted by Crippen LogP contribution is -2.29. The summed E-state index contributed by atoms with van der Waals surface area (Å²) in [5.74, 6) is 0.145. The van der Waals surface area contributed by atoms with Crippen molar-refractivity contribution in [3.8, 4) is 11.3 Å². The molecule has 28 heavy (non-hydrogen) atoms. The number of aromatic nitrogens is 2. The first-order valence-electron chi connectivity index (χ1n) is 9.53. The molecule has 0 bridgehead atoms. The molecule has 5 nitrogen and oxygen atoms in total. The van der Waals surface area contributed by atoms with Gasteiger partial charge in [-0.25, -0.2) is 4.68 Å². The molecule has 0 fully saturated rings. The lowest BCUT2D eigenvalue weighted by Gasteiger charge is -2.10. The molecule has 3 rings (SSSR count). The van der Waals surface area contributed by atoms with E-state index >= 15 is 0 Å². The summed E-state index contributed by atoms with van der Waals surface area (Å²) in [6.07, 6.45) is 0.964. The summed E-state index contributed by atoms with van der Waals surface area (Å²) in [5.41, 5.74) is 4.41. The third kappa shape index (κ3) is 4.74. The summed E-state index contributed by atoms with van der Waals surface area (Å²) in [4.78, 5) is 24.5. The SMILES string of the molecule is CCc1ccc(-c2ccc(=O)n(CC(=O)Nc3ccc(C(C)C)cc3)n2)cc1. The van der Waals surface area contributed by atoms with E-state index in [0.717, 1.165) is 12.0 Å². The molecule has 0 unspecified atom stereocenters. The maximum atomic E-state index is 12.4. The quantitative estimate of drug-likeness (QED) is 0.701. The van der Waals surface area contributed by atoms with E-state index in [4.69, 9.17) is 0 Å². The van der Waals surface area contributed by atoms with Crippen molar-refractivity contribution in [1.82, 2.24) is 9.78 Å². The van der Waals surface area contributed by atoms with Gasteiger partial charge in [-0.15, -0.1) is 0 Å². The second kappa shape index (κ2) is 8.65. The molecule has 0 aliphatic rings. The summed E-state index contributed by atoms with van der Waals surface area (Å²) in [5, 5.41) is 7.18. The Hall–Kier alpha value is -3.21. The predicted octanol–water partition coefficient (Wildman–Crippen LogP) is 4.23. The summed E-state index contributed by atoms with van der Waals surface area (Å²) < 4.78 is 1.20. The van der Waals surface area contributed by atoms with Gasteiger partial charge in [-0.3, -0.25) is 9.59 Å². The fraction of sp³-hybridized carbons (Fsp3) is 0.261. The van der Waals surface area contributed by atoms with Crippen LogP contribution in [-0.4, -0.2) is 15.7 Å². The summed E-state index contributed by atoms with van der Waals surface area (Å²) in [6, 6.07) is 18.9. The minimum absolute atomic E-state index is 0.133. The van der Waals surface area contributed by atoms with Crippen LogP contribution in [0.1, 0.15) is 37.8 Å². The number of nitrogens with zero attached hydrogens (tertiary/aromatic N) is 2. The highest BCUT2D eigenvalue weighted by atomic mass is 16.2. The zero-order valence-corrected chi connectivity index (χ0v) is 16.5. The van der Waals surface area contributed by atoms with Crippen LogP contribution < -0.4 is 10.9 Å². The molecule has 0 aliphatic heterocycles. The highest BCUT2D eigenvalue weighted by Gasteiger charge is 2.09. The predicted molar refractivity (Wildman–Crippen MR) is 112 cm³/mol. The molecule has 0 aliphatic carbocycles. The zero-order valence-electron chi connectivity index (χ0n) is 16.5. The second-order valence-corrected chi connectivity index (χ2v) is 7.09. The van der Waals surface area contributed by atoms with Crippen molar-refractivity contribution in [3.63, 3.8) is 0 Å². The van der Waals surface area contributed by atoms with Gasteiger partial charge < -0.3 is 5.32 Å². The van der Waals surface area contributed by atoms with Crippen LogP contribution in [0.15, 0.2) is 65.5 Å². The number of nitrogens with one attached hydrogen (secondary N) is 1. The fourth-order valence-corrected chi connectivity index (χ4v) is 2.92. The number of rotatable bonds is 6. The van der Waals surface area contributed by atoms with Crippen molar-refractivity contribution in [3.05, 3.63) is 82.1 Å². The smallest absolute Gasteiger partial charge is 0.267 e. The molecule has 5 heteroatoms. The molecule has 2 aromatic carbocycles. The second-order valence-electron chi connectivity index (χ2n) is 7.09. The van der Waals surface area contributed by atoms with Crippen molar-refractivity contribution in [2.24, 2.45) is 0 Å². The summed E-state index contributed by atoms with van der Waals surface area (Å²) in [6.45, 7) is 6.21. The van der Waals surface area contributed by atoms with Crippen molar-refractivity contribution in [1.29, 1.82) is 0 Å². The largest absolute Gasteiger partial charge is 0.324 e. The number of hydrogen-bond acceptors (Lipinski definition) is 3. The molecule has 0 radical (unpaired) electrons. The van der Waals surface area contributed by atoms with Gasteiger partial charge in [0, 0.05) is 17.3 Å². The highest BCUT2D eigenvalue weighted by molar-refractivity contribution is 5.90. The van der Waals surface area contributed by atoms with E-state index < -0.39 is 0 Å². The molecule has 0 atom stereocenters. The van der Waals surface area contributed by atoms with Gasteiger partial charge in [0.05, 0.1) is 5.69 Å². The first kappa shape index (κ1) is 19.5. The van der Waals surface area contributed by atoms with E-state index in [1.54, 1.807) is 6.07 Å². The Labute approximate surface area is 165 Å². The monoisotopic (exact) mass is 375 g/mol. The van der Waals surface area contributed by atoms with Gasteiger partial charge in [0.15, 0.2) is 0 Å². The van der Waals surface area contributed by atoms with Gasteiger partial charge in [-0.1, -0.05) is 57.2 Å². The van der Waals surface area contributed by atoms with Crippen LogP contribution in [0.4, 0.5) is 5.69 Å². The molecule has 1 N–H and O–H groups in total. The molecule has 1 heterocycles. The van der Waals surface area contributed by atoms with Crippen LogP contribution in [0.2, 0.25) is 0 Å². The maximum absolute atomic E-state index is 12.4. The number of carbonyl (C=O) groups is 1. The fourth-order valence-electron chi connectivity index (χ4n) is 2.92. The average Bonchev–Trinajstić information content (AvgIpc) is 2.70. The van der Waals surface area contributed by atoms with Crippen molar-refractivity contribution in [2.45, 2.75) is 39.7 Å². The van der Waals surface area contributed by atoms with Crippen LogP contribution in [-0.2, 0) is 17.8 Å². The summed E-state index contributed by atoms with van der Waals surface area (Å²) >= 11 is 0. The highest BCUT2D eigenvalue weighted by Crippen LogP contribution is 2.18. The standard InChI is InChI=1S/C23H25N3O2/c1-4-17-5-7-19(8-6-17)21-13-14-23(28)26(25-21)15-22(27)24-20-11-9-18(10-12-20)16(2)3/h5-14,16H,4,15H2,1-3H3,(H,24,27). The Morgan fingerprint density at radius 1 is 1.00 bits per heavy atom. The van der Waals surface area contributed by atoms with Crippen LogP contribution in [0.25, 0.3) is 11.3 Å². The van der Waals surface area contributed by atoms with E-state index in [-0.39, 0.29) is 18.0 Å². The Morgan fingerprint density at radius 2 is 1.68 bits per heavy atom. The molecule has 1 aromatic heterocycles. The van der Waals surface area contributed by atoms with Crippen molar-refractivity contribution >= 4 is 11.6 Å². The Bertz CT molecular complexity index is 1000. The first-order valence-corrected chi connectivity index (χ1v) is 9.53. The van der Waals surface area contributed by atoms with Crippen molar-refractivity contribution in [2.75, 3.05) is 5.32 Å². The minimum Gasteiger partial charge on any atom is -0.324 e. The third-order valence-corrected chi connectivity index (χ3v) is 4.68. The van der Waals surface area contributed by atoms with E-state index in [9.17, 15) is 9.59 Å². The Kier molecular flexibility index (Phi) is 6.04. The normalized spacial score (nSPS) is 10.9. The van der Waals surface area contributed by atoms with E-state index in [2.05, 4.69) is 31.2 Å². The van der Waals surface area contributed by atoms with Crippen LogP contribution >= 0.6 is 0 Å². The molecule has 144 valence electrons. The Morgan fingerprint density at radius 3 is 2.29 bits per heavy atom. The number of benzene rings is 2. The molecule has 0 spiro atoms. The zero-order chi connectivity index (χ0) is 20.1. The van der Waals surface area contributed by atoms with Gasteiger partial charge in [0.2, 0.25) is 5.91 Å². The number of carbonyl (C=O) groups excluding carboxylic acids is 1. The molecule has 3 aromatic rings. The van der Waals surface area contributed by atoms with E-state index in [0.29, 0.717) is 17.3 Å². The van der Waals surface area contributed by atoms with Crippen molar-refractivity contribution < 1.29 is 4.79 Å². The molecular formula is C23H25N3O2. The van der Waals surface area contributed by atoms with Gasteiger partial charge in [0.25, 0.3) is 5.56 Å². The van der Waals surface area contributed by atoms with Gasteiger partial charge >= 0.3 is 0 Å². The summed E-state index contributed by atoms with van der Waals surface area (Å²) in [7, 11) is 0. The topological polar surface area (TPSA) is 64.0 Å². The molecular weight excluding hydrogens is 350 g/mol. The lowest BCUT2D eigenvalue weighted by molar-refractivity contribution is -0.117. The number of hydrogen-bond donors (Lipinski definition) is 1. The lowest BCUT2D eigenvalue weighted by atomic mass is 10.0. The Balaban J connectivity index is 1.74. The van der Waals surface area contributed by atoms with Gasteiger partial charge in [-0.05, 0) is 41.7 Å². The number of amides is 1. The van der Waals surface area contributed by atoms with Crippen LogP contribution in [0.5, 0.6) is 0 Å². The average molecular weight is 375 g/mol. The van der Waals surface area contributed by atoms with Crippen LogP contribution in [0, 0.1) is 0 Å². The minimum atomic E-state index is -0.306. The maximum Gasteiger partial charge on any atom is 0.267 e. The third-order valence-electron chi connectivity index (χ3n) is 4.68.